The molecule has 4 rings (SSSR count). The van der Waals surface area contributed by atoms with Crippen molar-refractivity contribution < 1.29 is 4.74 Å². The van der Waals surface area contributed by atoms with Crippen LogP contribution in [0.1, 0.15) is 30.9 Å². The average molecular weight is 314 g/mol. The Kier molecular flexibility index (Phi) is 4.33. The highest BCUT2D eigenvalue weighted by Gasteiger charge is 2.53. The van der Waals surface area contributed by atoms with Gasteiger partial charge in [0.25, 0.3) is 0 Å². The molecule has 1 aromatic rings. The van der Waals surface area contributed by atoms with Gasteiger partial charge in [-0.25, -0.2) is 0 Å². The summed E-state index contributed by atoms with van der Waals surface area (Å²) in [4.78, 5) is 2.81. The number of piperidine rings is 1. The third-order valence-electron chi connectivity index (χ3n) is 6.36. The van der Waals surface area contributed by atoms with E-state index >= 15 is 0 Å². The maximum atomic E-state index is 5.43. The fourth-order valence-electron chi connectivity index (χ4n) is 4.95. The van der Waals surface area contributed by atoms with Crippen LogP contribution < -0.4 is 10.1 Å². The Hall–Kier alpha value is -1.06. The maximum absolute atomic E-state index is 5.43. The fourth-order valence-corrected chi connectivity index (χ4v) is 4.95. The zero-order valence-electron chi connectivity index (χ0n) is 14.6. The first kappa shape index (κ1) is 15.5. The number of methoxy groups -OCH3 is 1. The zero-order chi connectivity index (χ0) is 15.8. The maximum Gasteiger partial charge on any atom is 0.119 e. The van der Waals surface area contributed by atoms with E-state index < -0.39 is 0 Å². The van der Waals surface area contributed by atoms with Crippen molar-refractivity contribution in [3.63, 3.8) is 0 Å². The minimum atomic E-state index is 0.726. The van der Waals surface area contributed by atoms with E-state index in [-0.39, 0.29) is 0 Å². The lowest BCUT2D eigenvalue weighted by Gasteiger charge is -2.35. The Morgan fingerprint density at radius 2 is 2.04 bits per heavy atom. The van der Waals surface area contributed by atoms with E-state index in [9.17, 15) is 0 Å². The average Bonchev–Trinajstić information content (AvgIpc) is 3.01. The van der Waals surface area contributed by atoms with Gasteiger partial charge in [-0.3, -0.25) is 4.90 Å². The normalized spacial score (nSPS) is 31.8. The summed E-state index contributed by atoms with van der Waals surface area (Å²) in [7, 11) is 1.77. The van der Waals surface area contributed by atoms with Crippen molar-refractivity contribution in [2.24, 2.45) is 17.8 Å². The summed E-state index contributed by atoms with van der Waals surface area (Å²) in [6, 6.07) is 7.37. The summed E-state index contributed by atoms with van der Waals surface area (Å²) < 4.78 is 5.43. The van der Waals surface area contributed by atoms with Gasteiger partial charge in [-0.05, 0) is 86.3 Å². The monoisotopic (exact) mass is 314 g/mol. The topological polar surface area (TPSA) is 24.5 Å². The number of benzene rings is 1. The molecule has 0 spiro atoms. The molecule has 3 aliphatic rings. The van der Waals surface area contributed by atoms with E-state index in [1.807, 2.05) is 0 Å². The molecule has 2 fully saturated rings. The van der Waals surface area contributed by atoms with Crippen LogP contribution in [0.5, 0.6) is 5.75 Å². The van der Waals surface area contributed by atoms with Gasteiger partial charge in [0.15, 0.2) is 0 Å². The largest absolute Gasteiger partial charge is 0.497 e. The van der Waals surface area contributed by atoms with Crippen LogP contribution in [-0.4, -0.2) is 44.2 Å². The first-order valence-corrected chi connectivity index (χ1v) is 9.40. The molecular formula is C20H30N2O. The summed E-state index contributed by atoms with van der Waals surface area (Å²) >= 11 is 0. The van der Waals surface area contributed by atoms with Gasteiger partial charge in [0.1, 0.15) is 5.75 Å². The van der Waals surface area contributed by atoms with E-state index in [4.69, 9.17) is 4.74 Å². The Morgan fingerprint density at radius 3 is 2.78 bits per heavy atom. The molecule has 126 valence electrons. The van der Waals surface area contributed by atoms with Gasteiger partial charge in [-0.1, -0.05) is 13.0 Å². The van der Waals surface area contributed by atoms with Crippen molar-refractivity contribution in [3.8, 4) is 5.75 Å². The number of nitrogens with zero attached hydrogens (tertiary/aromatic N) is 1. The molecule has 0 bridgehead atoms. The van der Waals surface area contributed by atoms with Gasteiger partial charge in [0.2, 0.25) is 0 Å². The van der Waals surface area contributed by atoms with Crippen LogP contribution in [0.4, 0.5) is 0 Å². The molecule has 4 atom stereocenters. The molecule has 0 radical (unpaired) electrons. The van der Waals surface area contributed by atoms with E-state index in [0.29, 0.717) is 0 Å². The highest BCUT2D eigenvalue weighted by molar-refractivity contribution is 5.38. The van der Waals surface area contributed by atoms with Crippen LogP contribution in [0.25, 0.3) is 0 Å². The number of fused-ring (bicyclic) bond motifs is 2. The van der Waals surface area contributed by atoms with E-state index in [0.717, 1.165) is 29.5 Å². The lowest BCUT2D eigenvalue weighted by molar-refractivity contribution is 0.165. The second-order valence-corrected chi connectivity index (χ2v) is 7.68. The number of ether oxygens (including phenoxy) is 1. The second-order valence-electron chi connectivity index (χ2n) is 7.68. The van der Waals surface area contributed by atoms with Crippen LogP contribution in [0.2, 0.25) is 0 Å². The molecular weight excluding hydrogens is 284 g/mol. The smallest absolute Gasteiger partial charge is 0.119 e. The minimum Gasteiger partial charge on any atom is -0.497 e. The van der Waals surface area contributed by atoms with Crippen molar-refractivity contribution in [1.29, 1.82) is 0 Å². The Balaban J connectivity index is 1.44. The van der Waals surface area contributed by atoms with Gasteiger partial charge in [0, 0.05) is 12.6 Å². The quantitative estimate of drug-likeness (QED) is 0.874. The van der Waals surface area contributed by atoms with Gasteiger partial charge >= 0.3 is 0 Å². The number of hydrogen-bond acceptors (Lipinski definition) is 3. The molecule has 3 unspecified atom stereocenters. The number of rotatable bonds is 6. The lowest BCUT2D eigenvalue weighted by atomic mass is 9.87. The summed E-state index contributed by atoms with van der Waals surface area (Å²) in [6.07, 6.45) is 5.01. The molecule has 1 aromatic carbocycles. The number of aryl methyl sites for hydroxylation is 1. The van der Waals surface area contributed by atoms with E-state index in [1.165, 1.54) is 63.0 Å². The Bertz CT molecular complexity index is 549. The van der Waals surface area contributed by atoms with E-state index in [2.05, 4.69) is 35.3 Å². The highest BCUT2D eigenvalue weighted by atomic mass is 16.5. The van der Waals surface area contributed by atoms with Gasteiger partial charge in [-0.2, -0.15) is 0 Å². The summed E-state index contributed by atoms with van der Waals surface area (Å²) in [5.74, 6) is 3.93. The zero-order valence-corrected chi connectivity index (χ0v) is 14.6. The molecule has 1 aliphatic heterocycles. The molecule has 0 aromatic heterocycles. The second kappa shape index (κ2) is 6.45. The molecule has 3 heteroatoms. The minimum absolute atomic E-state index is 0.726. The third-order valence-corrected chi connectivity index (χ3v) is 6.36. The molecule has 0 amide bonds. The molecule has 23 heavy (non-hydrogen) atoms. The van der Waals surface area contributed by atoms with Gasteiger partial charge in [-0.15, -0.1) is 0 Å². The van der Waals surface area contributed by atoms with Crippen LogP contribution >= 0.6 is 0 Å². The van der Waals surface area contributed by atoms with Gasteiger partial charge < -0.3 is 10.1 Å². The van der Waals surface area contributed by atoms with Gasteiger partial charge in [0.05, 0.1) is 7.11 Å². The Morgan fingerprint density at radius 1 is 1.22 bits per heavy atom. The molecule has 1 saturated heterocycles. The van der Waals surface area contributed by atoms with Crippen LogP contribution in [0, 0.1) is 17.8 Å². The van der Waals surface area contributed by atoms with Crippen molar-refractivity contribution in [2.75, 3.05) is 33.3 Å². The lowest BCUT2D eigenvalue weighted by Crippen LogP contribution is -2.42. The van der Waals surface area contributed by atoms with Crippen molar-refractivity contribution in [1.82, 2.24) is 10.2 Å². The summed E-state index contributed by atoms with van der Waals surface area (Å²) in [5.41, 5.74) is 3.05. The molecule has 2 aliphatic carbocycles. The van der Waals surface area contributed by atoms with Crippen LogP contribution in [0.3, 0.4) is 0 Å². The third kappa shape index (κ3) is 3.01. The molecule has 1 heterocycles. The Labute approximate surface area is 140 Å². The molecule has 3 nitrogen and oxygen atoms in total. The summed E-state index contributed by atoms with van der Waals surface area (Å²) in [5, 5.41) is 3.53. The first-order chi connectivity index (χ1) is 11.3. The predicted octanol–water partition coefficient (Wildman–Crippen LogP) is 2.73. The number of nitrogens with one attached hydrogen (secondary N) is 1. The first-order valence-electron chi connectivity index (χ1n) is 9.40. The number of hydrogen-bond donors (Lipinski definition) is 1. The SMILES string of the molecule is CCCN(CC1C2CNC[C@@H]21)C1CCc2ccc(OC)cc2C1. The van der Waals surface area contributed by atoms with Crippen LogP contribution in [0.15, 0.2) is 18.2 Å². The van der Waals surface area contributed by atoms with E-state index in [1.54, 1.807) is 7.11 Å². The molecule has 1 saturated carbocycles. The van der Waals surface area contributed by atoms with Crippen molar-refractivity contribution in [2.45, 2.75) is 38.6 Å². The molecule has 1 N–H and O–H groups in total. The van der Waals surface area contributed by atoms with Crippen LogP contribution in [-0.2, 0) is 12.8 Å². The highest BCUT2D eigenvalue weighted by Crippen LogP contribution is 2.49. The van der Waals surface area contributed by atoms with Crippen molar-refractivity contribution in [3.05, 3.63) is 29.3 Å². The van der Waals surface area contributed by atoms with Crippen molar-refractivity contribution >= 4 is 0 Å². The standard InChI is InChI=1S/C20H30N2O/c1-3-8-22(13-20-18-11-21-12-19(18)20)16-6-4-14-5-7-17(23-2)10-15(14)9-16/h5,7,10,16,18-21H,3-4,6,8-9,11-13H2,1-2H3/t16?,18-,19?,20?/m0/s1. The fraction of sp³-hybridized carbons (Fsp3) is 0.700. The summed E-state index contributed by atoms with van der Waals surface area (Å²) in [6.45, 7) is 7.43. The predicted molar refractivity (Wildman–Crippen MR) is 94.0 cm³/mol.